The van der Waals surface area contributed by atoms with Crippen LogP contribution in [0, 0.1) is 0 Å². The fraction of sp³-hybridized carbons (Fsp3) is 0.188. The number of alkyl halides is 3. The van der Waals surface area contributed by atoms with Gasteiger partial charge in [0.2, 0.25) is 0 Å². The molecule has 2 rings (SSSR count). The van der Waals surface area contributed by atoms with E-state index in [1.54, 1.807) is 6.07 Å². The smallest absolute Gasteiger partial charge is 0.434 e. The average molecular weight is 372 g/mol. The third-order valence-corrected chi connectivity index (χ3v) is 3.45. The first-order chi connectivity index (χ1) is 11.8. The average Bonchev–Trinajstić information content (AvgIpc) is 2.55. The van der Waals surface area contributed by atoms with Crippen LogP contribution in [0.15, 0.2) is 47.2 Å². The molecule has 0 bridgehead atoms. The maximum atomic E-state index is 13.4. The molecule has 5 nitrogen and oxygen atoms in total. The van der Waals surface area contributed by atoms with Crippen molar-refractivity contribution >= 4 is 39.7 Å². The highest BCUT2D eigenvalue weighted by Crippen LogP contribution is 2.32. The Hall–Kier alpha value is -2.61. The number of benzene rings is 1. The summed E-state index contributed by atoms with van der Waals surface area (Å²) in [5.41, 5.74) is 2.87. The second-order valence-electron chi connectivity index (χ2n) is 4.73. The highest BCUT2D eigenvalue weighted by atomic mass is 35.5. The lowest BCUT2D eigenvalue weighted by Crippen LogP contribution is -2.30. The quantitative estimate of drug-likeness (QED) is 0.382. The van der Waals surface area contributed by atoms with Crippen LogP contribution in [-0.2, 0) is 9.53 Å². The van der Waals surface area contributed by atoms with Crippen molar-refractivity contribution in [1.29, 1.82) is 0 Å². The van der Waals surface area contributed by atoms with Crippen LogP contribution in [0.3, 0.4) is 0 Å². The number of aromatic nitrogens is 1. The highest BCUT2D eigenvalue weighted by molar-refractivity contribution is 6.34. The van der Waals surface area contributed by atoms with Crippen LogP contribution in [0.25, 0.3) is 10.8 Å². The van der Waals surface area contributed by atoms with Gasteiger partial charge in [0.05, 0.1) is 12.3 Å². The van der Waals surface area contributed by atoms with Gasteiger partial charge in [-0.2, -0.15) is 13.2 Å². The zero-order chi connectivity index (χ0) is 18.6. The summed E-state index contributed by atoms with van der Waals surface area (Å²) in [6.07, 6.45) is -3.04. The van der Waals surface area contributed by atoms with E-state index in [1.165, 1.54) is 31.3 Å². The Morgan fingerprint density at radius 3 is 2.68 bits per heavy atom. The van der Waals surface area contributed by atoms with Crippen molar-refractivity contribution in [2.45, 2.75) is 13.1 Å². The molecule has 1 aromatic carbocycles. The molecule has 0 unspecified atom stereocenters. The van der Waals surface area contributed by atoms with E-state index in [2.05, 4.69) is 14.7 Å². The topological polar surface area (TPSA) is 77.6 Å². The number of hydrogen-bond donors (Lipinski definition) is 1. The summed E-state index contributed by atoms with van der Waals surface area (Å²) < 4.78 is 45.0. The number of carbonyl (C=O) groups excluding carboxylic acids is 1. The molecule has 0 aliphatic heterocycles. The summed E-state index contributed by atoms with van der Waals surface area (Å²) in [6, 6.07) is 5.93. The Morgan fingerprint density at radius 2 is 2.08 bits per heavy atom. The molecular weight excluding hydrogens is 359 g/mol. The van der Waals surface area contributed by atoms with Crippen molar-refractivity contribution in [2.75, 3.05) is 6.61 Å². The highest BCUT2D eigenvalue weighted by Gasteiger charge is 2.41. The van der Waals surface area contributed by atoms with Gasteiger partial charge in [-0.3, -0.25) is 0 Å². The Kier molecular flexibility index (Phi) is 5.63. The number of fused-ring (bicyclic) bond motifs is 1. The van der Waals surface area contributed by atoms with E-state index in [1.807, 2.05) is 0 Å². The molecule has 1 aromatic heterocycles. The molecule has 2 N–H and O–H groups in total. The molecule has 0 amide bonds. The molecule has 1 heterocycles. The maximum absolute atomic E-state index is 13.4. The standard InChI is InChI=1S/C16H13ClF3N3O2/c1-2-25-15(24)11(8-21)13(16(18,19)20)23-12-5-3-4-10-9(12)6-7-22-14(10)17/h3-8H,2,21H2,1H3. The second kappa shape index (κ2) is 7.52. The summed E-state index contributed by atoms with van der Waals surface area (Å²) in [6.45, 7) is 1.37. The Labute approximate surface area is 146 Å². The van der Waals surface area contributed by atoms with E-state index in [4.69, 9.17) is 17.3 Å². The molecule has 0 spiro atoms. The van der Waals surface area contributed by atoms with Crippen molar-refractivity contribution in [2.24, 2.45) is 10.7 Å². The molecule has 132 valence electrons. The van der Waals surface area contributed by atoms with E-state index in [9.17, 15) is 18.0 Å². The van der Waals surface area contributed by atoms with Gasteiger partial charge in [-0.1, -0.05) is 23.7 Å². The monoisotopic (exact) mass is 371 g/mol. The van der Waals surface area contributed by atoms with Crippen molar-refractivity contribution < 1.29 is 22.7 Å². The number of aliphatic imine (C=N–C) groups is 1. The molecule has 25 heavy (non-hydrogen) atoms. The van der Waals surface area contributed by atoms with Crippen LogP contribution < -0.4 is 5.73 Å². The first kappa shape index (κ1) is 18.7. The minimum absolute atomic E-state index is 0.0298. The van der Waals surface area contributed by atoms with Crippen LogP contribution in [0.2, 0.25) is 5.15 Å². The van der Waals surface area contributed by atoms with Gasteiger partial charge >= 0.3 is 12.1 Å². The number of pyridine rings is 1. The van der Waals surface area contributed by atoms with Crippen LogP contribution in [0.4, 0.5) is 18.9 Å². The molecule has 0 aliphatic rings. The van der Waals surface area contributed by atoms with Crippen molar-refractivity contribution in [3.05, 3.63) is 47.4 Å². The minimum Gasteiger partial charge on any atom is -0.462 e. The van der Waals surface area contributed by atoms with Crippen LogP contribution in [0.1, 0.15) is 6.92 Å². The predicted octanol–water partition coefficient (Wildman–Crippen LogP) is 3.93. The summed E-state index contributed by atoms with van der Waals surface area (Å²) >= 11 is 5.95. The number of halogens is 4. The van der Waals surface area contributed by atoms with Gasteiger partial charge in [0.1, 0.15) is 10.7 Å². The van der Waals surface area contributed by atoms with Gasteiger partial charge in [-0.05, 0) is 19.1 Å². The normalized spacial score (nSPS) is 13.2. The van der Waals surface area contributed by atoms with Crippen molar-refractivity contribution in [3.63, 3.8) is 0 Å². The van der Waals surface area contributed by atoms with Gasteiger partial charge in [0.25, 0.3) is 0 Å². The SMILES string of the molecule is CCOC(=O)C(=CN)C(=Nc1cccc2c(Cl)nccc12)C(F)(F)F. The molecule has 0 fully saturated rings. The van der Waals surface area contributed by atoms with Gasteiger partial charge < -0.3 is 10.5 Å². The molecule has 0 aliphatic carbocycles. The Morgan fingerprint density at radius 1 is 1.36 bits per heavy atom. The van der Waals surface area contributed by atoms with Crippen molar-refractivity contribution in [1.82, 2.24) is 4.98 Å². The molecular formula is C16H13ClF3N3O2. The number of esters is 1. The van der Waals surface area contributed by atoms with Gasteiger partial charge in [0, 0.05) is 23.2 Å². The number of carbonyl (C=O) groups is 1. The van der Waals surface area contributed by atoms with Gasteiger partial charge in [0.15, 0.2) is 5.71 Å². The van der Waals surface area contributed by atoms with E-state index in [-0.39, 0.29) is 17.4 Å². The van der Waals surface area contributed by atoms with E-state index >= 15 is 0 Å². The Bertz CT molecular complexity index is 863. The maximum Gasteiger partial charge on any atom is 0.434 e. The fourth-order valence-electron chi connectivity index (χ4n) is 2.10. The number of rotatable bonds is 4. The van der Waals surface area contributed by atoms with Crippen LogP contribution in [-0.4, -0.2) is 29.4 Å². The predicted molar refractivity (Wildman–Crippen MR) is 88.8 cm³/mol. The van der Waals surface area contributed by atoms with Crippen LogP contribution >= 0.6 is 11.6 Å². The summed E-state index contributed by atoms with van der Waals surface area (Å²) in [5.74, 6) is -1.21. The molecule has 0 saturated heterocycles. The Balaban J connectivity index is 2.68. The number of nitrogens with zero attached hydrogens (tertiary/aromatic N) is 2. The first-order valence-corrected chi connectivity index (χ1v) is 7.45. The van der Waals surface area contributed by atoms with Gasteiger partial charge in [-0.25, -0.2) is 14.8 Å². The molecule has 0 atom stereocenters. The van der Waals surface area contributed by atoms with Crippen LogP contribution in [0.5, 0.6) is 0 Å². The number of nitrogens with two attached hydrogens (primary N) is 1. The first-order valence-electron chi connectivity index (χ1n) is 7.08. The molecule has 2 aromatic rings. The lowest BCUT2D eigenvalue weighted by molar-refractivity contribution is -0.138. The van der Waals surface area contributed by atoms with E-state index in [0.29, 0.717) is 17.0 Å². The zero-order valence-electron chi connectivity index (χ0n) is 13.0. The molecule has 0 saturated carbocycles. The van der Waals surface area contributed by atoms with Crippen molar-refractivity contribution in [3.8, 4) is 0 Å². The van der Waals surface area contributed by atoms with E-state index in [0.717, 1.165) is 0 Å². The van der Waals surface area contributed by atoms with Gasteiger partial charge in [-0.15, -0.1) is 0 Å². The van der Waals surface area contributed by atoms with E-state index < -0.39 is 23.4 Å². The third kappa shape index (κ3) is 4.08. The fourth-order valence-corrected chi connectivity index (χ4v) is 2.32. The molecule has 9 heteroatoms. The lowest BCUT2D eigenvalue weighted by atomic mass is 10.1. The second-order valence-corrected chi connectivity index (χ2v) is 5.09. The lowest BCUT2D eigenvalue weighted by Gasteiger charge is -2.13. The zero-order valence-corrected chi connectivity index (χ0v) is 13.7. The largest absolute Gasteiger partial charge is 0.462 e. The summed E-state index contributed by atoms with van der Waals surface area (Å²) in [4.78, 5) is 19.3. The number of ether oxygens (including phenoxy) is 1. The third-order valence-electron chi connectivity index (χ3n) is 3.15. The number of hydrogen-bond acceptors (Lipinski definition) is 5. The molecule has 0 radical (unpaired) electrons. The summed E-state index contributed by atoms with van der Waals surface area (Å²) in [5, 5.41) is 0.911. The summed E-state index contributed by atoms with van der Waals surface area (Å²) in [7, 11) is 0. The minimum atomic E-state index is -4.92.